The average molecular weight is 485 g/mol. The van der Waals surface area contributed by atoms with E-state index in [-0.39, 0.29) is 11.7 Å². The Labute approximate surface area is 212 Å². The molecular formula is C29H32N4O3. The molecule has 0 radical (unpaired) electrons. The molecule has 1 N–H and O–H groups in total. The van der Waals surface area contributed by atoms with E-state index in [1.165, 1.54) is 0 Å². The molecule has 1 aliphatic heterocycles. The van der Waals surface area contributed by atoms with Crippen LogP contribution in [0.1, 0.15) is 43.7 Å². The maximum Gasteiger partial charge on any atom is 0.262 e. The number of carbonyl (C=O) groups is 1. The lowest BCUT2D eigenvalue weighted by Gasteiger charge is -2.10. The number of nitrogens with zero attached hydrogens (tertiary/aromatic N) is 3. The van der Waals surface area contributed by atoms with Gasteiger partial charge in [-0.2, -0.15) is 10.4 Å². The standard InChI is InChI=1S/C29H32N4O3/c1-3-4-14-35-25-12-13-27(21(2)16-25)28-23(20-33(32-28)24-9-6-5-7-10-24)17-22(18-30)29(34)31-19-26-11-8-15-36-26/h5-7,9-10,12-13,16-17,20,26H,3-4,8,11,14-15,19H2,1-2H3,(H,31,34)/b22-17+. The largest absolute Gasteiger partial charge is 0.494 e. The number of rotatable bonds is 10. The minimum absolute atomic E-state index is 0.00555. The van der Waals surface area contributed by atoms with Gasteiger partial charge in [0.1, 0.15) is 23.1 Å². The van der Waals surface area contributed by atoms with Crippen molar-refractivity contribution in [1.82, 2.24) is 15.1 Å². The third kappa shape index (κ3) is 6.21. The van der Waals surface area contributed by atoms with Gasteiger partial charge in [-0.25, -0.2) is 4.68 Å². The molecule has 1 aliphatic rings. The van der Waals surface area contributed by atoms with Crippen molar-refractivity contribution < 1.29 is 14.3 Å². The van der Waals surface area contributed by atoms with E-state index in [9.17, 15) is 10.1 Å². The van der Waals surface area contributed by atoms with E-state index in [0.717, 1.165) is 48.2 Å². The van der Waals surface area contributed by atoms with Crippen molar-refractivity contribution >= 4 is 12.0 Å². The molecule has 1 amide bonds. The van der Waals surface area contributed by atoms with Crippen LogP contribution in [-0.2, 0) is 9.53 Å². The summed E-state index contributed by atoms with van der Waals surface area (Å²) in [7, 11) is 0. The molecule has 1 saturated heterocycles. The van der Waals surface area contributed by atoms with Gasteiger partial charge in [0.25, 0.3) is 5.91 Å². The number of hydrogen-bond donors (Lipinski definition) is 1. The zero-order valence-corrected chi connectivity index (χ0v) is 20.9. The van der Waals surface area contributed by atoms with Crippen LogP contribution in [0.3, 0.4) is 0 Å². The summed E-state index contributed by atoms with van der Waals surface area (Å²) in [5, 5.41) is 17.5. The van der Waals surface area contributed by atoms with Crippen molar-refractivity contribution in [3.8, 4) is 28.8 Å². The minimum Gasteiger partial charge on any atom is -0.494 e. The first kappa shape index (κ1) is 25.2. The summed E-state index contributed by atoms with van der Waals surface area (Å²) in [6, 6.07) is 17.7. The molecular weight excluding hydrogens is 452 g/mol. The summed E-state index contributed by atoms with van der Waals surface area (Å²) in [4.78, 5) is 12.8. The van der Waals surface area contributed by atoms with Crippen molar-refractivity contribution in [1.29, 1.82) is 5.26 Å². The molecule has 1 fully saturated rings. The topological polar surface area (TPSA) is 89.2 Å². The molecule has 3 aromatic rings. The van der Waals surface area contributed by atoms with Gasteiger partial charge in [0, 0.05) is 30.5 Å². The lowest BCUT2D eigenvalue weighted by atomic mass is 10.0. The van der Waals surface area contributed by atoms with Gasteiger partial charge >= 0.3 is 0 Å². The third-order valence-electron chi connectivity index (χ3n) is 6.16. The van der Waals surface area contributed by atoms with Gasteiger partial charge < -0.3 is 14.8 Å². The van der Waals surface area contributed by atoms with Gasteiger partial charge in [0.05, 0.1) is 18.4 Å². The Kier molecular flexibility index (Phi) is 8.53. The molecule has 1 atom stereocenters. The highest BCUT2D eigenvalue weighted by atomic mass is 16.5. The van der Waals surface area contributed by atoms with Crippen LogP contribution in [0.5, 0.6) is 5.75 Å². The van der Waals surface area contributed by atoms with Crippen molar-refractivity contribution in [2.24, 2.45) is 0 Å². The number of aromatic nitrogens is 2. The van der Waals surface area contributed by atoms with Gasteiger partial charge in [0.2, 0.25) is 0 Å². The lowest BCUT2D eigenvalue weighted by molar-refractivity contribution is -0.117. The fourth-order valence-corrected chi connectivity index (χ4v) is 4.15. The summed E-state index contributed by atoms with van der Waals surface area (Å²) in [6.45, 7) is 5.93. The number of hydrogen-bond acceptors (Lipinski definition) is 5. The molecule has 186 valence electrons. The number of amides is 1. The van der Waals surface area contributed by atoms with Crippen molar-refractivity contribution in [3.63, 3.8) is 0 Å². The van der Waals surface area contributed by atoms with Gasteiger partial charge in [-0.15, -0.1) is 0 Å². The van der Waals surface area contributed by atoms with Crippen LogP contribution in [0.4, 0.5) is 0 Å². The van der Waals surface area contributed by atoms with Gasteiger partial charge in [-0.3, -0.25) is 4.79 Å². The van der Waals surface area contributed by atoms with Crippen LogP contribution >= 0.6 is 0 Å². The molecule has 1 aromatic heterocycles. The van der Waals surface area contributed by atoms with E-state index in [1.807, 2.05) is 61.7 Å². The summed E-state index contributed by atoms with van der Waals surface area (Å²) >= 11 is 0. The maximum absolute atomic E-state index is 12.8. The second kappa shape index (κ2) is 12.2. The van der Waals surface area contributed by atoms with Crippen molar-refractivity contribution in [2.75, 3.05) is 19.8 Å². The average Bonchev–Trinajstić information content (AvgIpc) is 3.57. The molecule has 36 heavy (non-hydrogen) atoms. The number of unbranched alkanes of at least 4 members (excludes halogenated alkanes) is 1. The first-order chi connectivity index (χ1) is 17.6. The first-order valence-electron chi connectivity index (χ1n) is 12.5. The molecule has 0 saturated carbocycles. The summed E-state index contributed by atoms with van der Waals surface area (Å²) < 4.78 is 13.2. The van der Waals surface area contributed by atoms with E-state index in [0.29, 0.717) is 31.0 Å². The number of para-hydroxylation sites is 1. The second-order valence-corrected chi connectivity index (χ2v) is 8.91. The molecule has 2 aromatic carbocycles. The van der Waals surface area contributed by atoms with Gasteiger partial charge in [-0.05, 0) is 68.2 Å². The monoisotopic (exact) mass is 484 g/mol. The summed E-state index contributed by atoms with van der Waals surface area (Å²) in [6.07, 6.45) is 7.45. The molecule has 1 unspecified atom stereocenters. The smallest absolute Gasteiger partial charge is 0.262 e. The predicted molar refractivity (Wildman–Crippen MR) is 140 cm³/mol. The Morgan fingerprint density at radius 1 is 1.31 bits per heavy atom. The highest BCUT2D eigenvalue weighted by Crippen LogP contribution is 2.31. The highest BCUT2D eigenvalue weighted by Gasteiger charge is 2.19. The lowest BCUT2D eigenvalue weighted by Crippen LogP contribution is -2.32. The summed E-state index contributed by atoms with van der Waals surface area (Å²) in [5.41, 5.74) is 4.20. The number of aryl methyl sites for hydroxylation is 1. The Morgan fingerprint density at radius 3 is 2.83 bits per heavy atom. The number of benzene rings is 2. The van der Waals surface area contributed by atoms with E-state index < -0.39 is 5.91 Å². The Hall–Kier alpha value is -3.89. The molecule has 0 aliphatic carbocycles. The molecule has 0 spiro atoms. The van der Waals surface area contributed by atoms with Crippen LogP contribution in [0.25, 0.3) is 23.0 Å². The van der Waals surface area contributed by atoms with E-state index in [2.05, 4.69) is 18.3 Å². The SMILES string of the molecule is CCCCOc1ccc(-c2nn(-c3ccccc3)cc2/C=C(\C#N)C(=O)NCC2CCCO2)c(C)c1. The number of nitriles is 1. The van der Waals surface area contributed by atoms with Crippen LogP contribution < -0.4 is 10.1 Å². The van der Waals surface area contributed by atoms with Gasteiger partial charge in [0.15, 0.2) is 0 Å². The molecule has 7 heteroatoms. The summed E-state index contributed by atoms with van der Waals surface area (Å²) in [5.74, 6) is 0.401. The Morgan fingerprint density at radius 2 is 2.14 bits per heavy atom. The maximum atomic E-state index is 12.8. The Bertz CT molecular complexity index is 1250. The van der Waals surface area contributed by atoms with Crippen molar-refractivity contribution in [2.45, 2.75) is 45.6 Å². The minimum atomic E-state index is -0.414. The number of nitrogens with one attached hydrogen (secondary N) is 1. The van der Waals surface area contributed by atoms with Crippen molar-refractivity contribution in [3.05, 3.63) is 71.4 Å². The zero-order chi connectivity index (χ0) is 25.3. The van der Waals surface area contributed by atoms with Crippen LogP contribution in [0.15, 0.2) is 60.3 Å². The second-order valence-electron chi connectivity index (χ2n) is 8.91. The highest BCUT2D eigenvalue weighted by molar-refractivity contribution is 6.02. The fourth-order valence-electron chi connectivity index (χ4n) is 4.15. The molecule has 4 rings (SSSR count). The number of carbonyl (C=O) groups excluding carboxylic acids is 1. The quantitative estimate of drug-likeness (QED) is 0.242. The predicted octanol–water partition coefficient (Wildman–Crippen LogP) is 5.23. The van der Waals surface area contributed by atoms with E-state index in [4.69, 9.17) is 14.6 Å². The first-order valence-corrected chi connectivity index (χ1v) is 12.5. The van der Waals surface area contributed by atoms with Gasteiger partial charge in [-0.1, -0.05) is 31.5 Å². The third-order valence-corrected chi connectivity index (χ3v) is 6.16. The Balaban J connectivity index is 1.66. The normalized spacial score (nSPS) is 15.5. The van der Waals surface area contributed by atoms with Crippen LogP contribution in [-0.4, -0.2) is 41.6 Å². The number of ether oxygens (including phenoxy) is 2. The van der Waals surface area contributed by atoms with E-state index >= 15 is 0 Å². The zero-order valence-electron chi connectivity index (χ0n) is 20.9. The van der Waals surface area contributed by atoms with Crippen LogP contribution in [0.2, 0.25) is 0 Å². The molecule has 7 nitrogen and oxygen atoms in total. The fraction of sp³-hybridized carbons (Fsp3) is 0.345. The van der Waals surface area contributed by atoms with E-state index in [1.54, 1.807) is 10.8 Å². The van der Waals surface area contributed by atoms with Crippen LogP contribution in [0, 0.1) is 18.3 Å². The molecule has 2 heterocycles. The molecule has 0 bridgehead atoms.